The van der Waals surface area contributed by atoms with Crippen molar-refractivity contribution >= 4 is 22.3 Å². The summed E-state index contributed by atoms with van der Waals surface area (Å²) in [5, 5.41) is 2.46. The minimum Gasteiger partial charge on any atom is -0.465 e. The molecule has 82 valence electrons. The number of nitrogen functional groups attached to an aromatic ring is 1. The van der Waals surface area contributed by atoms with E-state index >= 15 is 0 Å². The van der Waals surface area contributed by atoms with Crippen molar-refractivity contribution in [1.29, 1.82) is 0 Å². The van der Waals surface area contributed by atoms with Gasteiger partial charge in [-0.05, 0) is 17.4 Å². The van der Waals surface area contributed by atoms with Crippen molar-refractivity contribution in [2.45, 2.75) is 12.3 Å². The molecule has 2 N–H and O–H groups in total. The Morgan fingerprint density at radius 3 is 3.13 bits per heavy atom. The molecule has 1 saturated heterocycles. The summed E-state index contributed by atoms with van der Waals surface area (Å²) < 4.78 is 10.0. The predicted molar refractivity (Wildman–Crippen MR) is 58.2 cm³/mol. The molecule has 1 fully saturated rings. The number of carbonyl (C=O) groups is 1. The van der Waals surface area contributed by atoms with Crippen molar-refractivity contribution in [1.82, 2.24) is 0 Å². The van der Waals surface area contributed by atoms with Crippen LogP contribution >= 0.6 is 11.3 Å². The lowest BCUT2D eigenvalue weighted by molar-refractivity contribution is 0.0600. The monoisotopic (exact) mass is 227 g/mol. The highest BCUT2D eigenvalue weighted by atomic mass is 32.1. The normalized spacial score (nSPS) is 20.5. The van der Waals surface area contributed by atoms with Crippen LogP contribution in [-0.2, 0) is 9.47 Å². The fourth-order valence-electron chi connectivity index (χ4n) is 1.79. The topological polar surface area (TPSA) is 61.5 Å². The van der Waals surface area contributed by atoms with Crippen molar-refractivity contribution < 1.29 is 14.3 Å². The third kappa shape index (κ3) is 1.85. The van der Waals surface area contributed by atoms with Crippen molar-refractivity contribution in [3.8, 4) is 0 Å². The van der Waals surface area contributed by atoms with E-state index in [9.17, 15) is 4.79 Å². The van der Waals surface area contributed by atoms with E-state index in [4.69, 9.17) is 15.2 Å². The van der Waals surface area contributed by atoms with Gasteiger partial charge in [0.2, 0.25) is 0 Å². The van der Waals surface area contributed by atoms with Crippen molar-refractivity contribution in [3.05, 3.63) is 16.5 Å². The molecule has 1 aromatic heterocycles. The Balaban J connectivity index is 2.34. The highest BCUT2D eigenvalue weighted by molar-refractivity contribution is 7.14. The third-order valence-corrected chi connectivity index (χ3v) is 3.44. The average Bonchev–Trinajstić information content (AvgIpc) is 2.85. The van der Waals surface area contributed by atoms with E-state index in [2.05, 4.69) is 0 Å². The molecule has 2 heterocycles. The van der Waals surface area contributed by atoms with Gasteiger partial charge < -0.3 is 15.2 Å². The molecule has 0 saturated carbocycles. The first-order chi connectivity index (χ1) is 7.24. The van der Waals surface area contributed by atoms with Crippen molar-refractivity contribution in [2.24, 2.45) is 0 Å². The molecule has 2 rings (SSSR count). The molecule has 1 aromatic rings. The number of methoxy groups -OCH3 is 1. The summed E-state index contributed by atoms with van der Waals surface area (Å²) in [6.07, 6.45) is 0.945. The fourth-order valence-corrected chi connectivity index (χ4v) is 2.67. The number of esters is 1. The summed E-state index contributed by atoms with van der Waals surface area (Å²) in [5.41, 5.74) is 7.26. The minimum absolute atomic E-state index is 0.285. The zero-order valence-electron chi connectivity index (χ0n) is 8.49. The first-order valence-corrected chi connectivity index (χ1v) is 5.65. The van der Waals surface area contributed by atoms with Crippen LogP contribution in [0, 0.1) is 0 Å². The van der Waals surface area contributed by atoms with Gasteiger partial charge in [0.25, 0.3) is 0 Å². The zero-order chi connectivity index (χ0) is 10.8. The van der Waals surface area contributed by atoms with Gasteiger partial charge in [-0.15, -0.1) is 11.3 Å². The summed E-state index contributed by atoms with van der Waals surface area (Å²) in [4.78, 5) is 11.5. The molecule has 15 heavy (non-hydrogen) atoms. The van der Waals surface area contributed by atoms with Crippen LogP contribution in [0.3, 0.4) is 0 Å². The van der Waals surface area contributed by atoms with E-state index in [0.717, 1.165) is 18.6 Å². The molecule has 1 unspecified atom stereocenters. The van der Waals surface area contributed by atoms with Crippen LogP contribution in [0.2, 0.25) is 0 Å². The number of thiophene rings is 1. The molecular weight excluding hydrogens is 214 g/mol. The lowest BCUT2D eigenvalue weighted by Gasteiger charge is -2.08. The largest absolute Gasteiger partial charge is 0.465 e. The van der Waals surface area contributed by atoms with Crippen LogP contribution in [0.5, 0.6) is 0 Å². The van der Waals surface area contributed by atoms with Gasteiger partial charge in [0, 0.05) is 12.5 Å². The summed E-state index contributed by atoms with van der Waals surface area (Å²) in [7, 11) is 1.37. The Morgan fingerprint density at radius 1 is 1.73 bits per heavy atom. The van der Waals surface area contributed by atoms with E-state index in [1.807, 2.05) is 5.38 Å². The first-order valence-electron chi connectivity index (χ1n) is 4.77. The SMILES string of the molecule is COC(=O)c1c(C2CCOC2)csc1N. The number of hydrogen-bond donors (Lipinski definition) is 1. The maximum absolute atomic E-state index is 11.5. The molecule has 5 heteroatoms. The molecule has 0 amide bonds. The molecule has 0 radical (unpaired) electrons. The maximum atomic E-state index is 11.5. The number of hydrogen-bond acceptors (Lipinski definition) is 5. The van der Waals surface area contributed by atoms with Crippen molar-refractivity contribution in [3.63, 3.8) is 0 Å². The average molecular weight is 227 g/mol. The van der Waals surface area contributed by atoms with E-state index in [1.54, 1.807) is 0 Å². The van der Waals surface area contributed by atoms with Crippen LogP contribution in [0.25, 0.3) is 0 Å². The molecule has 1 aliphatic heterocycles. The second-order valence-electron chi connectivity index (χ2n) is 3.48. The van der Waals surface area contributed by atoms with Gasteiger partial charge in [-0.1, -0.05) is 0 Å². The third-order valence-electron chi connectivity index (χ3n) is 2.61. The molecule has 0 aromatic carbocycles. The Labute approximate surface area is 92.0 Å². The van der Waals surface area contributed by atoms with Crippen LogP contribution in [-0.4, -0.2) is 26.3 Å². The molecule has 1 atom stereocenters. The number of carbonyl (C=O) groups excluding carboxylic acids is 1. The highest BCUT2D eigenvalue weighted by Crippen LogP contribution is 2.35. The highest BCUT2D eigenvalue weighted by Gasteiger charge is 2.26. The Hall–Kier alpha value is -1.07. The smallest absolute Gasteiger partial charge is 0.341 e. The quantitative estimate of drug-likeness (QED) is 0.780. The summed E-state index contributed by atoms with van der Waals surface area (Å²) in [6, 6.07) is 0. The molecule has 4 nitrogen and oxygen atoms in total. The lowest BCUT2D eigenvalue weighted by Crippen LogP contribution is -2.09. The summed E-state index contributed by atoms with van der Waals surface area (Å²) in [6.45, 7) is 1.42. The molecule has 1 aliphatic rings. The number of nitrogens with two attached hydrogens (primary N) is 1. The van der Waals surface area contributed by atoms with E-state index in [-0.39, 0.29) is 11.9 Å². The van der Waals surface area contributed by atoms with Crippen LogP contribution in [0.1, 0.15) is 28.3 Å². The molecule has 0 spiro atoms. The Morgan fingerprint density at radius 2 is 2.53 bits per heavy atom. The van der Waals surface area contributed by atoms with Crippen LogP contribution in [0.4, 0.5) is 5.00 Å². The van der Waals surface area contributed by atoms with E-state index in [0.29, 0.717) is 17.2 Å². The van der Waals surface area contributed by atoms with Gasteiger partial charge in [-0.3, -0.25) is 0 Å². The molecule has 0 bridgehead atoms. The van der Waals surface area contributed by atoms with Crippen molar-refractivity contribution in [2.75, 3.05) is 26.1 Å². The van der Waals surface area contributed by atoms with E-state index < -0.39 is 0 Å². The van der Waals surface area contributed by atoms with Crippen LogP contribution < -0.4 is 5.73 Å². The Bertz CT molecular complexity index is 369. The van der Waals surface area contributed by atoms with E-state index in [1.165, 1.54) is 18.4 Å². The molecule has 0 aliphatic carbocycles. The van der Waals surface area contributed by atoms with Gasteiger partial charge in [0.1, 0.15) is 5.00 Å². The lowest BCUT2D eigenvalue weighted by atomic mass is 9.97. The number of ether oxygens (including phenoxy) is 2. The maximum Gasteiger partial charge on any atom is 0.341 e. The second-order valence-corrected chi connectivity index (χ2v) is 4.39. The van der Waals surface area contributed by atoms with Gasteiger partial charge >= 0.3 is 5.97 Å². The van der Waals surface area contributed by atoms with Gasteiger partial charge in [0.15, 0.2) is 0 Å². The summed E-state index contributed by atoms with van der Waals surface area (Å²) >= 11 is 1.38. The predicted octanol–water partition coefficient (Wildman–Crippen LogP) is 1.62. The summed E-state index contributed by atoms with van der Waals surface area (Å²) in [5.74, 6) is -0.0664. The Kier molecular flexibility index (Phi) is 2.93. The first kappa shape index (κ1) is 10.4. The van der Waals surface area contributed by atoms with Gasteiger partial charge in [0.05, 0.1) is 19.3 Å². The molecular formula is C10H13NO3S. The fraction of sp³-hybridized carbons (Fsp3) is 0.500. The minimum atomic E-state index is -0.351. The van der Waals surface area contributed by atoms with Gasteiger partial charge in [-0.2, -0.15) is 0 Å². The zero-order valence-corrected chi connectivity index (χ0v) is 9.30. The number of anilines is 1. The number of rotatable bonds is 2. The second kappa shape index (κ2) is 4.20. The van der Waals surface area contributed by atoms with Crippen LogP contribution in [0.15, 0.2) is 5.38 Å². The standard InChI is InChI=1S/C10H13NO3S/c1-13-10(12)8-7(5-15-9(8)11)6-2-3-14-4-6/h5-6H,2-4,11H2,1H3. The van der Waals surface area contributed by atoms with Gasteiger partial charge in [-0.25, -0.2) is 4.79 Å².